The van der Waals surface area contributed by atoms with Crippen LogP contribution in [0.4, 0.5) is 5.82 Å². The van der Waals surface area contributed by atoms with Gasteiger partial charge in [-0.25, -0.2) is 18.1 Å². The number of nitrogens with zero attached hydrogens (tertiary/aromatic N) is 1. The van der Waals surface area contributed by atoms with E-state index in [1.807, 2.05) is 0 Å². The maximum atomic E-state index is 12.0. The molecule has 1 heterocycles. The Bertz CT molecular complexity index is 475. The van der Waals surface area contributed by atoms with Gasteiger partial charge in [0.2, 0.25) is 10.0 Å². The summed E-state index contributed by atoms with van der Waals surface area (Å²) in [5.41, 5.74) is 5.56. The summed E-state index contributed by atoms with van der Waals surface area (Å²) in [5, 5.41) is 0. The van der Waals surface area contributed by atoms with E-state index in [0.717, 1.165) is 19.3 Å². The molecule has 0 bridgehead atoms. The molecule has 0 aliphatic rings. The third-order valence-corrected chi connectivity index (χ3v) is 4.42. The van der Waals surface area contributed by atoms with Gasteiger partial charge in [0.15, 0.2) is 0 Å². The Balaban J connectivity index is 2.34. The minimum atomic E-state index is -3.53. The van der Waals surface area contributed by atoms with Crippen LogP contribution in [0.5, 0.6) is 0 Å². The van der Waals surface area contributed by atoms with Gasteiger partial charge in [0.1, 0.15) is 10.7 Å². The van der Waals surface area contributed by atoms with Crippen molar-refractivity contribution in [2.24, 2.45) is 0 Å². The van der Waals surface area contributed by atoms with Gasteiger partial charge in [0.25, 0.3) is 0 Å². The maximum Gasteiger partial charge on any atom is 0.244 e. The average Bonchev–Trinajstić information content (AvgIpc) is 2.38. The van der Waals surface area contributed by atoms with Crippen LogP contribution < -0.4 is 10.5 Å². The number of hydrogen-bond acceptors (Lipinski definition) is 4. The molecule has 0 fully saturated rings. The summed E-state index contributed by atoms with van der Waals surface area (Å²) in [6.07, 6.45) is 8.21. The molecule has 0 radical (unpaired) electrons. The lowest BCUT2D eigenvalue weighted by Gasteiger charge is -2.08. The van der Waals surface area contributed by atoms with Gasteiger partial charge in [-0.15, -0.1) is 0 Å². The number of nitrogens with two attached hydrogens (primary N) is 1. The van der Waals surface area contributed by atoms with Crippen molar-refractivity contribution in [3.05, 3.63) is 18.3 Å². The molecule has 6 heteroatoms. The van der Waals surface area contributed by atoms with Crippen molar-refractivity contribution in [1.82, 2.24) is 9.71 Å². The fraction of sp³-hybridized carbons (Fsp3) is 0.615. The van der Waals surface area contributed by atoms with E-state index < -0.39 is 10.0 Å². The van der Waals surface area contributed by atoms with Crippen LogP contribution in [0.2, 0.25) is 0 Å². The fourth-order valence-corrected chi connectivity index (χ4v) is 2.97. The van der Waals surface area contributed by atoms with Gasteiger partial charge in [0, 0.05) is 12.7 Å². The fourth-order valence-electron chi connectivity index (χ4n) is 1.82. The summed E-state index contributed by atoms with van der Waals surface area (Å²) in [4.78, 5) is 3.84. The number of rotatable bonds is 9. The van der Waals surface area contributed by atoms with E-state index >= 15 is 0 Å². The number of sulfonamides is 1. The molecule has 0 unspecified atom stereocenters. The van der Waals surface area contributed by atoms with Crippen LogP contribution in [0.3, 0.4) is 0 Å². The number of nitrogen functional groups attached to an aromatic ring is 1. The smallest absolute Gasteiger partial charge is 0.244 e. The first-order valence-electron chi connectivity index (χ1n) is 6.78. The number of unbranched alkanes of at least 4 members (excludes halogenated alkanes) is 5. The first-order chi connectivity index (χ1) is 9.08. The highest BCUT2D eigenvalue weighted by atomic mass is 32.2. The first-order valence-corrected chi connectivity index (χ1v) is 8.26. The Hall–Kier alpha value is -1.14. The van der Waals surface area contributed by atoms with Gasteiger partial charge in [-0.05, 0) is 18.6 Å². The van der Waals surface area contributed by atoms with Crippen LogP contribution >= 0.6 is 0 Å². The first kappa shape index (κ1) is 15.9. The van der Waals surface area contributed by atoms with Gasteiger partial charge in [-0.3, -0.25) is 0 Å². The summed E-state index contributed by atoms with van der Waals surface area (Å²) in [6.45, 7) is 2.62. The van der Waals surface area contributed by atoms with E-state index in [4.69, 9.17) is 5.73 Å². The van der Waals surface area contributed by atoms with E-state index in [0.29, 0.717) is 6.54 Å². The Labute approximate surface area is 115 Å². The predicted molar refractivity (Wildman–Crippen MR) is 77.2 cm³/mol. The van der Waals surface area contributed by atoms with Gasteiger partial charge in [-0.1, -0.05) is 39.0 Å². The van der Waals surface area contributed by atoms with Crippen molar-refractivity contribution in [2.75, 3.05) is 12.3 Å². The molecular weight excluding hydrogens is 262 g/mol. The van der Waals surface area contributed by atoms with Crippen LogP contribution in [0, 0.1) is 0 Å². The van der Waals surface area contributed by atoms with Crippen LogP contribution in [0.15, 0.2) is 23.2 Å². The van der Waals surface area contributed by atoms with Crippen LogP contribution in [-0.4, -0.2) is 19.9 Å². The Morgan fingerprint density at radius 3 is 2.58 bits per heavy atom. The second-order valence-electron chi connectivity index (χ2n) is 4.55. The van der Waals surface area contributed by atoms with Crippen molar-refractivity contribution in [1.29, 1.82) is 0 Å². The van der Waals surface area contributed by atoms with Crippen molar-refractivity contribution in [3.8, 4) is 0 Å². The van der Waals surface area contributed by atoms with Gasteiger partial charge < -0.3 is 5.73 Å². The van der Waals surface area contributed by atoms with Crippen LogP contribution in [-0.2, 0) is 10.0 Å². The Kier molecular flexibility index (Phi) is 6.80. The quantitative estimate of drug-likeness (QED) is 0.682. The van der Waals surface area contributed by atoms with Crippen LogP contribution in [0.1, 0.15) is 45.4 Å². The lowest BCUT2D eigenvalue weighted by Crippen LogP contribution is -2.25. The summed E-state index contributed by atoms with van der Waals surface area (Å²) in [6, 6.07) is 3.03. The van der Waals surface area contributed by atoms with E-state index in [9.17, 15) is 8.42 Å². The number of nitrogens with one attached hydrogen (secondary N) is 1. The van der Waals surface area contributed by atoms with E-state index in [1.54, 1.807) is 6.07 Å². The molecule has 5 nitrogen and oxygen atoms in total. The topological polar surface area (TPSA) is 85.1 Å². The van der Waals surface area contributed by atoms with Gasteiger partial charge >= 0.3 is 0 Å². The molecule has 0 saturated heterocycles. The molecule has 1 rings (SSSR count). The van der Waals surface area contributed by atoms with E-state index in [2.05, 4.69) is 16.6 Å². The Morgan fingerprint density at radius 1 is 1.21 bits per heavy atom. The molecule has 0 saturated carbocycles. The van der Waals surface area contributed by atoms with Crippen molar-refractivity contribution < 1.29 is 8.42 Å². The summed E-state index contributed by atoms with van der Waals surface area (Å²) >= 11 is 0. The molecule has 1 aromatic heterocycles. The van der Waals surface area contributed by atoms with Gasteiger partial charge in [-0.2, -0.15) is 0 Å². The number of aromatic nitrogens is 1. The number of anilines is 1. The summed E-state index contributed by atoms with van der Waals surface area (Å²) in [7, 11) is -3.53. The minimum absolute atomic E-state index is 0.0398. The molecule has 19 heavy (non-hydrogen) atoms. The highest BCUT2D eigenvalue weighted by molar-refractivity contribution is 7.89. The van der Waals surface area contributed by atoms with E-state index in [1.165, 1.54) is 31.5 Å². The number of hydrogen-bond donors (Lipinski definition) is 2. The van der Waals surface area contributed by atoms with Crippen molar-refractivity contribution in [3.63, 3.8) is 0 Å². The molecule has 0 spiro atoms. The SMILES string of the molecule is CCCCCCCCNS(=O)(=O)c1cccnc1N. The zero-order valence-corrected chi connectivity index (χ0v) is 12.2. The lowest BCUT2D eigenvalue weighted by molar-refractivity contribution is 0.568. The molecule has 0 amide bonds. The second-order valence-corrected chi connectivity index (χ2v) is 6.29. The zero-order chi connectivity index (χ0) is 14.1. The van der Waals surface area contributed by atoms with E-state index in [-0.39, 0.29) is 10.7 Å². The Morgan fingerprint density at radius 2 is 1.89 bits per heavy atom. The molecule has 108 valence electrons. The molecule has 1 aromatic rings. The predicted octanol–water partition coefficient (Wildman–Crippen LogP) is 2.30. The normalized spacial score (nSPS) is 11.6. The largest absolute Gasteiger partial charge is 0.383 e. The van der Waals surface area contributed by atoms with Crippen LogP contribution in [0.25, 0.3) is 0 Å². The lowest BCUT2D eigenvalue weighted by atomic mass is 10.1. The monoisotopic (exact) mass is 285 g/mol. The molecule has 3 N–H and O–H groups in total. The molecular formula is C13H23N3O2S. The molecule has 0 atom stereocenters. The maximum absolute atomic E-state index is 12.0. The zero-order valence-electron chi connectivity index (χ0n) is 11.4. The second kappa shape index (κ2) is 8.12. The minimum Gasteiger partial charge on any atom is -0.383 e. The molecule has 0 aliphatic heterocycles. The highest BCUT2D eigenvalue weighted by Crippen LogP contribution is 2.14. The summed E-state index contributed by atoms with van der Waals surface area (Å²) in [5.74, 6) is 0.0398. The third-order valence-electron chi connectivity index (χ3n) is 2.91. The molecule has 0 aliphatic carbocycles. The van der Waals surface area contributed by atoms with Crippen molar-refractivity contribution >= 4 is 15.8 Å². The summed E-state index contributed by atoms with van der Waals surface area (Å²) < 4.78 is 26.5. The van der Waals surface area contributed by atoms with Gasteiger partial charge in [0.05, 0.1) is 0 Å². The number of pyridine rings is 1. The molecule has 0 aromatic carbocycles. The van der Waals surface area contributed by atoms with Crippen molar-refractivity contribution in [2.45, 2.75) is 50.3 Å². The third kappa shape index (κ3) is 5.57. The average molecular weight is 285 g/mol. The highest BCUT2D eigenvalue weighted by Gasteiger charge is 2.16. The standard InChI is InChI=1S/C13H23N3O2S/c1-2-3-4-5-6-7-11-16-19(17,18)12-9-8-10-15-13(12)14/h8-10,16H,2-7,11H2,1H3,(H2,14,15).